The van der Waals surface area contributed by atoms with Crippen molar-refractivity contribution in [3.8, 4) is 0 Å². The fourth-order valence-electron chi connectivity index (χ4n) is 9.38. The molecule has 2 aliphatic rings. The average molecular weight is 1000 g/mol. The van der Waals surface area contributed by atoms with Crippen molar-refractivity contribution in [2.75, 3.05) is 38.0 Å². The number of hydrogen-bond acceptors (Lipinski definition) is 11. The minimum absolute atomic E-state index is 0.0465. The highest BCUT2D eigenvalue weighted by molar-refractivity contribution is 7.89. The Morgan fingerprint density at radius 1 is 0.797 bits per heavy atom. The topological polar surface area (TPSA) is 235 Å². The first-order valence-corrected chi connectivity index (χ1v) is 27.2. The lowest BCUT2D eigenvalue weighted by molar-refractivity contribution is -0.387. The van der Waals surface area contributed by atoms with Crippen LogP contribution in [-0.4, -0.2) is 98.2 Å². The molecule has 2 fully saturated rings. The summed E-state index contributed by atoms with van der Waals surface area (Å²) in [4.78, 5) is 77.7. The summed E-state index contributed by atoms with van der Waals surface area (Å²) < 4.78 is 34.0. The molecule has 1 heterocycles. The van der Waals surface area contributed by atoms with Gasteiger partial charge in [0.05, 0.1) is 11.3 Å². The number of halogens is 1. The minimum atomic E-state index is -4.28. The van der Waals surface area contributed by atoms with Crippen LogP contribution in [0.4, 0.5) is 11.4 Å². The summed E-state index contributed by atoms with van der Waals surface area (Å²) in [5.74, 6) is -3.11. The predicted molar refractivity (Wildman–Crippen MR) is 267 cm³/mol. The molecule has 2 aromatic rings. The number of esters is 1. The van der Waals surface area contributed by atoms with Crippen molar-refractivity contribution >= 4 is 62.6 Å². The molecule has 5 N–H and O–H groups in total. The van der Waals surface area contributed by atoms with Crippen LogP contribution in [0, 0.1) is 10.1 Å². The van der Waals surface area contributed by atoms with Crippen molar-refractivity contribution in [2.24, 2.45) is 0 Å². The van der Waals surface area contributed by atoms with Gasteiger partial charge in [0.15, 0.2) is 11.0 Å². The number of nitrogens with zero attached hydrogens (tertiary/aromatic N) is 2. The lowest BCUT2D eigenvalue weighted by Crippen LogP contribution is -2.60. The molecule has 0 bridgehead atoms. The highest BCUT2D eigenvalue weighted by Gasteiger charge is 2.43. The van der Waals surface area contributed by atoms with Crippen molar-refractivity contribution < 1.29 is 42.1 Å². The van der Waals surface area contributed by atoms with Crippen LogP contribution >= 0.6 is 11.6 Å². The summed E-state index contributed by atoms with van der Waals surface area (Å²) in [7, 11) is -4.28. The van der Waals surface area contributed by atoms with Crippen LogP contribution in [-0.2, 0) is 38.7 Å². The SMILES string of the molecule is CCCCCCCCCCCCCCCNC(=O)CCC(=O)OC(CCCNS(=O)(=O)c1ccccc1[N+](=O)[O-])C(=O)NCCN1CCC(NC(=O)C(=O)Nc2ccc(Cl)cc2)CC12CCCCC2. The smallest absolute Gasteiger partial charge is 0.313 e. The van der Waals surface area contributed by atoms with Crippen molar-refractivity contribution in [3.63, 3.8) is 0 Å². The van der Waals surface area contributed by atoms with Crippen molar-refractivity contribution in [3.05, 3.63) is 63.7 Å². The van der Waals surface area contributed by atoms with E-state index < -0.39 is 55.3 Å². The van der Waals surface area contributed by atoms with Gasteiger partial charge in [-0.15, -0.1) is 0 Å². The second-order valence-electron chi connectivity index (χ2n) is 18.5. The van der Waals surface area contributed by atoms with Gasteiger partial charge in [-0.2, -0.15) is 0 Å². The van der Waals surface area contributed by atoms with Gasteiger partial charge in [-0.3, -0.25) is 39.0 Å². The Bertz CT molecular complexity index is 2050. The zero-order chi connectivity index (χ0) is 49.9. The van der Waals surface area contributed by atoms with Crippen molar-refractivity contribution in [2.45, 2.75) is 184 Å². The maximum atomic E-state index is 13.7. The van der Waals surface area contributed by atoms with Gasteiger partial charge in [-0.1, -0.05) is 127 Å². The molecule has 17 nitrogen and oxygen atoms in total. The molecule has 384 valence electrons. The molecule has 2 atom stereocenters. The molecule has 1 saturated heterocycles. The Hall–Kier alpha value is -4.65. The van der Waals surface area contributed by atoms with Crippen LogP contribution < -0.4 is 26.0 Å². The number of benzene rings is 2. The lowest BCUT2D eigenvalue weighted by atomic mass is 9.73. The van der Waals surface area contributed by atoms with E-state index >= 15 is 0 Å². The van der Waals surface area contributed by atoms with Crippen LogP contribution in [0.1, 0.15) is 161 Å². The van der Waals surface area contributed by atoms with Gasteiger partial charge in [-0.25, -0.2) is 13.1 Å². The van der Waals surface area contributed by atoms with E-state index in [0.29, 0.717) is 43.2 Å². The van der Waals surface area contributed by atoms with Crippen molar-refractivity contribution in [1.29, 1.82) is 0 Å². The maximum absolute atomic E-state index is 13.7. The number of sulfonamides is 1. The zero-order valence-electron chi connectivity index (χ0n) is 40.5. The quantitative estimate of drug-likeness (QED) is 0.0159. The number of rotatable bonds is 31. The van der Waals surface area contributed by atoms with E-state index in [-0.39, 0.29) is 56.3 Å². The van der Waals surface area contributed by atoms with Gasteiger partial charge in [-0.05, 0) is 75.3 Å². The summed E-state index contributed by atoms with van der Waals surface area (Å²) in [6.45, 7) is 3.83. The summed E-state index contributed by atoms with van der Waals surface area (Å²) in [5.41, 5.74) is -0.377. The zero-order valence-corrected chi connectivity index (χ0v) is 42.1. The second kappa shape index (κ2) is 30.8. The molecular formula is C50H76ClN7O10S. The Morgan fingerprint density at radius 2 is 1.43 bits per heavy atom. The molecule has 0 aromatic heterocycles. The Balaban J connectivity index is 1.25. The van der Waals surface area contributed by atoms with Crippen LogP contribution in [0.5, 0.6) is 0 Å². The molecule has 0 radical (unpaired) electrons. The third kappa shape index (κ3) is 20.7. The summed E-state index contributed by atoms with van der Waals surface area (Å²) in [6.07, 6.45) is 20.3. The summed E-state index contributed by atoms with van der Waals surface area (Å²) in [5, 5.41) is 23.3. The largest absolute Gasteiger partial charge is 0.452 e. The maximum Gasteiger partial charge on any atom is 0.313 e. The number of nitro groups is 1. The number of carbonyl (C=O) groups is 5. The van der Waals surface area contributed by atoms with Gasteiger partial charge in [0.1, 0.15) is 0 Å². The number of para-hydroxylation sites is 1. The predicted octanol–water partition coefficient (Wildman–Crippen LogP) is 8.24. The van der Waals surface area contributed by atoms with Gasteiger partial charge in [0.2, 0.25) is 15.9 Å². The van der Waals surface area contributed by atoms with Gasteiger partial charge in [0, 0.05) is 67.5 Å². The molecule has 2 aromatic carbocycles. The first-order chi connectivity index (χ1) is 33.2. The van der Waals surface area contributed by atoms with Crippen molar-refractivity contribution in [1.82, 2.24) is 25.6 Å². The van der Waals surface area contributed by atoms with E-state index in [4.69, 9.17) is 16.3 Å². The molecule has 1 aliphatic heterocycles. The number of nitrogens with one attached hydrogen (secondary N) is 5. The molecule has 69 heavy (non-hydrogen) atoms. The number of nitro benzene ring substituents is 1. The highest BCUT2D eigenvalue weighted by atomic mass is 35.5. The fourth-order valence-corrected chi connectivity index (χ4v) is 10.8. The molecule has 2 unspecified atom stereocenters. The number of anilines is 1. The molecule has 1 saturated carbocycles. The van der Waals surface area contributed by atoms with E-state index in [9.17, 15) is 42.5 Å². The van der Waals surface area contributed by atoms with E-state index in [1.54, 1.807) is 24.3 Å². The third-order valence-electron chi connectivity index (χ3n) is 13.2. The number of hydrogen-bond donors (Lipinski definition) is 5. The van der Waals surface area contributed by atoms with E-state index in [1.165, 1.54) is 76.3 Å². The van der Waals surface area contributed by atoms with Crippen LogP contribution in [0.3, 0.4) is 0 Å². The normalized spacial score (nSPS) is 16.3. The highest BCUT2D eigenvalue weighted by Crippen LogP contribution is 2.40. The molecular weight excluding hydrogens is 926 g/mol. The molecule has 4 rings (SSSR count). The number of likely N-dealkylation sites (tertiary alicyclic amines) is 1. The van der Waals surface area contributed by atoms with Crippen LogP contribution in [0.25, 0.3) is 0 Å². The first-order valence-electron chi connectivity index (χ1n) is 25.3. The Kier molecular flexibility index (Phi) is 25.5. The second-order valence-corrected chi connectivity index (χ2v) is 20.7. The standard InChI is InChI=1S/C50H76ClN7O10S/c1-2-3-4-5-6-7-8-9-10-11-12-13-19-33-52-45(59)28-29-46(60)68-43(22-20-34-54-69(66,67)44-23-16-15-21-42(44)58(64)65)47(61)53-35-37-57-36-30-41(38-50(57)31-17-14-18-32-50)56-49(63)48(62)55-40-26-24-39(51)25-27-40/h15-16,21,23-27,41,43,54H,2-14,17-20,22,28-38H2,1H3,(H,52,59)(H,53,61)(H,55,62)(H,56,63). The van der Waals surface area contributed by atoms with E-state index in [1.807, 2.05) is 0 Å². The molecule has 1 aliphatic carbocycles. The number of carbonyl (C=O) groups excluding carboxylic acids is 5. The summed E-state index contributed by atoms with van der Waals surface area (Å²) in [6, 6.07) is 11.2. The van der Waals surface area contributed by atoms with Gasteiger partial charge < -0.3 is 26.0 Å². The fraction of sp³-hybridized carbons (Fsp3) is 0.660. The Morgan fingerprint density at radius 3 is 2.09 bits per heavy atom. The lowest BCUT2D eigenvalue weighted by Gasteiger charge is -2.52. The first kappa shape index (κ1) is 56.9. The van der Waals surface area contributed by atoms with E-state index in [2.05, 4.69) is 37.8 Å². The number of amides is 4. The van der Waals surface area contributed by atoms with E-state index in [0.717, 1.165) is 63.5 Å². The summed E-state index contributed by atoms with van der Waals surface area (Å²) >= 11 is 5.94. The average Bonchev–Trinajstić information content (AvgIpc) is 3.33. The minimum Gasteiger partial charge on any atom is -0.452 e. The monoisotopic (exact) mass is 1000 g/mol. The number of ether oxygens (including phenoxy) is 1. The van der Waals surface area contributed by atoms with Crippen LogP contribution in [0.15, 0.2) is 53.4 Å². The molecule has 4 amide bonds. The third-order valence-corrected chi connectivity index (χ3v) is 14.9. The Labute approximate surface area is 413 Å². The van der Waals surface area contributed by atoms with Gasteiger partial charge in [0.25, 0.3) is 11.6 Å². The van der Waals surface area contributed by atoms with Gasteiger partial charge >= 0.3 is 17.8 Å². The molecule has 1 spiro atoms. The number of piperidine rings is 1. The van der Waals surface area contributed by atoms with Crippen LogP contribution in [0.2, 0.25) is 5.02 Å². The molecule has 19 heteroatoms. The number of unbranched alkanes of at least 4 members (excludes halogenated alkanes) is 12.